The van der Waals surface area contributed by atoms with Gasteiger partial charge in [0.15, 0.2) is 6.61 Å². The first kappa shape index (κ1) is 13.7. The Hall–Kier alpha value is -1.39. The second kappa shape index (κ2) is 7.81. The molecule has 0 amide bonds. The van der Waals surface area contributed by atoms with Crippen LogP contribution in [0.3, 0.4) is 0 Å². The van der Waals surface area contributed by atoms with Crippen LogP contribution in [0.2, 0.25) is 0 Å². The van der Waals surface area contributed by atoms with Crippen molar-refractivity contribution in [3.63, 3.8) is 0 Å². The second-order valence-corrected chi connectivity index (χ2v) is 3.54. The number of methoxy groups -OCH3 is 1. The Bertz CT molecular complexity index is 332. The number of benzene rings is 1. The van der Waals surface area contributed by atoms with Crippen molar-refractivity contribution < 1.29 is 19.3 Å². The minimum absolute atomic E-state index is 0.267. The SMILES string of the molecule is CCCc1ccc(C(=O)OO[CH]COC)cc1. The number of rotatable bonds is 7. The van der Waals surface area contributed by atoms with Crippen molar-refractivity contribution in [3.8, 4) is 0 Å². The van der Waals surface area contributed by atoms with E-state index in [0.717, 1.165) is 12.8 Å². The minimum atomic E-state index is -0.514. The van der Waals surface area contributed by atoms with Crippen LogP contribution in [-0.4, -0.2) is 19.7 Å². The average Bonchev–Trinajstić information content (AvgIpc) is 2.36. The van der Waals surface area contributed by atoms with Crippen molar-refractivity contribution in [2.75, 3.05) is 13.7 Å². The van der Waals surface area contributed by atoms with Gasteiger partial charge in [0, 0.05) is 7.11 Å². The van der Waals surface area contributed by atoms with Crippen LogP contribution >= 0.6 is 0 Å². The largest absolute Gasteiger partial charge is 0.382 e. The highest BCUT2D eigenvalue weighted by atomic mass is 17.2. The van der Waals surface area contributed by atoms with E-state index in [4.69, 9.17) is 4.74 Å². The molecule has 0 unspecified atom stereocenters. The topological polar surface area (TPSA) is 44.8 Å². The molecule has 0 atom stereocenters. The quantitative estimate of drug-likeness (QED) is 0.415. The van der Waals surface area contributed by atoms with Gasteiger partial charge >= 0.3 is 5.97 Å². The zero-order valence-corrected chi connectivity index (χ0v) is 10.1. The van der Waals surface area contributed by atoms with Crippen molar-refractivity contribution in [1.29, 1.82) is 0 Å². The zero-order valence-electron chi connectivity index (χ0n) is 10.1. The fourth-order valence-corrected chi connectivity index (χ4v) is 1.32. The number of ether oxygens (including phenoxy) is 1. The highest BCUT2D eigenvalue weighted by Gasteiger charge is 2.07. The molecular formula is C13H17O4. The van der Waals surface area contributed by atoms with Gasteiger partial charge in [-0.3, -0.25) is 4.89 Å². The summed E-state index contributed by atoms with van der Waals surface area (Å²) >= 11 is 0. The van der Waals surface area contributed by atoms with Gasteiger partial charge in [0.2, 0.25) is 0 Å². The van der Waals surface area contributed by atoms with Crippen molar-refractivity contribution in [2.24, 2.45) is 0 Å². The third-order valence-corrected chi connectivity index (χ3v) is 2.15. The Morgan fingerprint density at radius 1 is 1.29 bits per heavy atom. The summed E-state index contributed by atoms with van der Waals surface area (Å²) in [4.78, 5) is 20.6. The van der Waals surface area contributed by atoms with E-state index >= 15 is 0 Å². The highest BCUT2D eigenvalue weighted by molar-refractivity contribution is 5.88. The van der Waals surface area contributed by atoms with Crippen LogP contribution in [0.25, 0.3) is 0 Å². The first-order chi connectivity index (χ1) is 8.27. The summed E-state index contributed by atoms with van der Waals surface area (Å²) in [5.74, 6) is -0.514. The first-order valence-corrected chi connectivity index (χ1v) is 5.55. The van der Waals surface area contributed by atoms with E-state index in [0.29, 0.717) is 5.56 Å². The molecule has 0 aromatic heterocycles. The van der Waals surface area contributed by atoms with E-state index in [1.165, 1.54) is 19.3 Å². The molecule has 0 aliphatic heterocycles. The normalized spacial score (nSPS) is 10.2. The van der Waals surface area contributed by atoms with E-state index in [1.54, 1.807) is 12.1 Å². The Labute approximate surface area is 101 Å². The van der Waals surface area contributed by atoms with Crippen LogP contribution in [0.4, 0.5) is 0 Å². The van der Waals surface area contributed by atoms with Crippen molar-refractivity contribution in [1.82, 2.24) is 0 Å². The summed E-state index contributed by atoms with van der Waals surface area (Å²) in [7, 11) is 1.52. The average molecular weight is 237 g/mol. The van der Waals surface area contributed by atoms with Crippen LogP contribution in [-0.2, 0) is 20.9 Å². The maximum atomic E-state index is 11.5. The third kappa shape index (κ3) is 4.97. The van der Waals surface area contributed by atoms with Crippen molar-refractivity contribution >= 4 is 5.97 Å². The van der Waals surface area contributed by atoms with Crippen molar-refractivity contribution in [3.05, 3.63) is 42.0 Å². The van der Waals surface area contributed by atoms with E-state index in [1.807, 2.05) is 12.1 Å². The fourth-order valence-electron chi connectivity index (χ4n) is 1.32. The molecule has 0 spiro atoms. The molecule has 0 saturated heterocycles. The summed E-state index contributed by atoms with van der Waals surface area (Å²) in [6.45, 7) is 3.65. The summed E-state index contributed by atoms with van der Waals surface area (Å²) in [5, 5.41) is 0. The minimum Gasteiger partial charge on any atom is -0.382 e. The van der Waals surface area contributed by atoms with Gasteiger partial charge in [0.1, 0.15) is 0 Å². The van der Waals surface area contributed by atoms with Gasteiger partial charge < -0.3 is 4.74 Å². The molecule has 0 bridgehead atoms. The molecule has 4 nitrogen and oxygen atoms in total. The summed E-state index contributed by atoms with van der Waals surface area (Å²) < 4.78 is 4.70. The summed E-state index contributed by atoms with van der Waals surface area (Å²) in [6.07, 6.45) is 2.09. The third-order valence-electron chi connectivity index (χ3n) is 2.15. The van der Waals surface area contributed by atoms with Gasteiger partial charge in [0.05, 0.1) is 12.2 Å². The van der Waals surface area contributed by atoms with E-state index in [-0.39, 0.29) is 6.61 Å². The smallest absolute Gasteiger partial charge is 0.373 e. The molecule has 93 valence electrons. The van der Waals surface area contributed by atoms with Crippen LogP contribution in [0.1, 0.15) is 29.3 Å². The van der Waals surface area contributed by atoms with E-state index < -0.39 is 5.97 Å². The highest BCUT2D eigenvalue weighted by Crippen LogP contribution is 2.08. The van der Waals surface area contributed by atoms with Gasteiger partial charge in [-0.05, 0) is 24.1 Å². The summed E-state index contributed by atoms with van der Waals surface area (Å²) in [5.41, 5.74) is 1.67. The molecular weight excluding hydrogens is 220 g/mol. The van der Waals surface area contributed by atoms with E-state index in [9.17, 15) is 4.79 Å². The van der Waals surface area contributed by atoms with Crippen LogP contribution < -0.4 is 0 Å². The van der Waals surface area contributed by atoms with E-state index in [2.05, 4.69) is 16.7 Å². The van der Waals surface area contributed by atoms with Gasteiger partial charge in [-0.1, -0.05) is 25.5 Å². The lowest BCUT2D eigenvalue weighted by molar-refractivity contribution is -0.217. The van der Waals surface area contributed by atoms with Gasteiger partial charge in [0.25, 0.3) is 0 Å². The summed E-state index contributed by atoms with van der Waals surface area (Å²) in [6, 6.07) is 7.29. The predicted octanol–water partition coefficient (Wildman–Crippen LogP) is 2.54. The monoisotopic (exact) mass is 237 g/mol. The lowest BCUT2D eigenvalue weighted by Crippen LogP contribution is -2.06. The Kier molecular flexibility index (Phi) is 6.29. The molecule has 0 aliphatic carbocycles. The Morgan fingerprint density at radius 3 is 2.59 bits per heavy atom. The van der Waals surface area contributed by atoms with Gasteiger partial charge in [-0.15, -0.1) is 0 Å². The molecule has 0 saturated carbocycles. The standard InChI is InChI=1S/C13H17O4/c1-3-4-11-5-7-12(8-6-11)13(14)17-16-10-9-15-2/h5-8,10H,3-4,9H2,1-2H3. The maximum absolute atomic E-state index is 11.5. The number of hydrogen-bond acceptors (Lipinski definition) is 4. The molecule has 17 heavy (non-hydrogen) atoms. The van der Waals surface area contributed by atoms with Crippen LogP contribution in [0.5, 0.6) is 0 Å². The molecule has 1 aromatic carbocycles. The maximum Gasteiger partial charge on any atom is 0.373 e. The lowest BCUT2D eigenvalue weighted by Gasteiger charge is -2.03. The van der Waals surface area contributed by atoms with Gasteiger partial charge in [-0.2, -0.15) is 4.89 Å². The number of aryl methyl sites for hydroxylation is 1. The number of hydrogen-bond donors (Lipinski definition) is 0. The molecule has 4 heteroatoms. The first-order valence-electron chi connectivity index (χ1n) is 5.55. The number of carbonyl (C=O) groups is 1. The molecule has 1 aromatic rings. The number of carbonyl (C=O) groups excluding carboxylic acids is 1. The fraction of sp³-hybridized carbons (Fsp3) is 0.385. The second-order valence-electron chi connectivity index (χ2n) is 3.54. The van der Waals surface area contributed by atoms with Gasteiger partial charge in [-0.25, -0.2) is 4.79 Å². The Balaban J connectivity index is 2.40. The molecule has 0 aliphatic rings. The predicted molar refractivity (Wildman–Crippen MR) is 63.1 cm³/mol. The van der Waals surface area contributed by atoms with Crippen molar-refractivity contribution in [2.45, 2.75) is 19.8 Å². The van der Waals surface area contributed by atoms with Crippen LogP contribution in [0, 0.1) is 6.61 Å². The molecule has 0 fully saturated rings. The Morgan fingerprint density at radius 2 is 2.00 bits per heavy atom. The molecule has 0 N–H and O–H groups in total. The molecule has 0 heterocycles. The zero-order chi connectivity index (χ0) is 12.5. The molecule has 1 radical (unpaired) electrons. The van der Waals surface area contributed by atoms with Crippen LogP contribution in [0.15, 0.2) is 24.3 Å². The molecule has 1 rings (SSSR count). The lowest BCUT2D eigenvalue weighted by atomic mass is 10.1.